The van der Waals surface area contributed by atoms with Crippen LogP contribution in [0.1, 0.15) is 23.5 Å². The Kier molecular flexibility index (Phi) is 7.88. The third-order valence-corrected chi connectivity index (χ3v) is 6.84. The van der Waals surface area contributed by atoms with Gasteiger partial charge in [0.15, 0.2) is 0 Å². The van der Waals surface area contributed by atoms with Crippen molar-refractivity contribution in [2.24, 2.45) is 0 Å². The Morgan fingerprint density at radius 2 is 1.61 bits per heavy atom. The quantitative estimate of drug-likeness (QED) is 0.508. The van der Waals surface area contributed by atoms with Gasteiger partial charge in [-0.2, -0.15) is 0 Å². The fourth-order valence-electron chi connectivity index (χ4n) is 4.77. The highest BCUT2D eigenvalue weighted by atomic mass is 16.5. The molecule has 1 amide bonds. The minimum Gasteiger partial charge on any atom is -0.507 e. The number of carbonyl (C=O) groups excluding carboxylic acids is 1. The highest BCUT2D eigenvalue weighted by molar-refractivity contribution is 5.79. The monoisotopic (exact) mass is 489 g/mol. The molecular weight excluding hydrogens is 454 g/mol. The van der Waals surface area contributed by atoms with Crippen LogP contribution in [0.2, 0.25) is 0 Å². The van der Waals surface area contributed by atoms with E-state index in [1.54, 1.807) is 26.4 Å². The standard InChI is InChI=1S/C29H35N3O4/c1-30(2)22-12-10-21(11-13-22)25(29-26(33)18-24(35-3)19-27(29)36-4)20-28(34)32-16-14-31(15-17-32)23-8-6-5-7-9-23/h5-13,18-19,25,33H,14-17,20H2,1-4H3/t25-/m1/s1. The molecule has 3 aromatic rings. The van der Waals surface area contributed by atoms with E-state index in [0.717, 1.165) is 24.3 Å². The zero-order valence-electron chi connectivity index (χ0n) is 21.5. The highest BCUT2D eigenvalue weighted by Crippen LogP contribution is 2.43. The van der Waals surface area contributed by atoms with E-state index < -0.39 is 0 Å². The molecule has 1 N–H and O–H groups in total. The van der Waals surface area contributed by atoms with Gasteiger partial charge in [-0.3, -0.25) is 4.79 Å². The summed E-state index contributed by atoms with van der Waals surface area (Å²) in [5.41, 5.74) is 3.77. The second kappa shape index (κ2) is 11.2. The maximum absolute atomic E-state index is 13.6. The van der Waals surface area contributed by atoms with Crippen LogP contribution < -0.4 is 19.3 Å². The lowest BCUT2D eigenvalue weighted by Crippen LogP contribution is -2.49. The summed E-state index contributed by atoms with van der Waals surface area (Å²) in [5.74, 6) is 0.728. The number of rotatable bonds is 8. The molecule has 1 saturated heterocycles. The number of phenolic OH excluding ortho intramolecular Hbond substituents is 1. The summed E-state index contributed by atoms with van der Waals surface area (Å²) in [6.45, 7) is 2.89. The number of carbonyl (C=O) groups is 1. The fourth-order valence-corrected chi connectivity index (χ4v) is 4.77. The van der Waals surface area contributed by atoms with E-state index in [2.05, 4.69) is 17.0 Å². The van der Waals surface area contributed by atoms with E-state index in [1.807, 2.05) is 66.4 Å². The summed E-state index contributed by atoms with van der Waals surface area (Å²) in [5, 5.41) is 11.0. The molecule has 7 heteroatoms. The SMILES string of the molecule is COc1cc(O)c([C@H](CC(=O)N2CCN(c3ccccc3)CC2)c2ccc(N(C)C)cc2)c(OC)c1. The van der Waals surface area contributed by atoms with Crippen molar-refractivity contribution < 1.29 is 19.4 Å². The Hall–Kier alpha value is -3.87. The van der Waals surface area contributed by atoms with Gasteiger partial charge < -0.3 is 29.3 Å². The molecule has 0 aliphatic carbocycles. The molecule has 0 bridgehead atoms. The average molecular weight is 490 g/mol. The molecule has 7 nitrogen and oxygen atoms in total. The van der Waals surface area contributed by atoms with Crippen molar-refractivity contribution in [3.8, 4) is 17.2 Å². The maximum Gasteiger partial charge on any atom is 0.223 e. The average Bonchev–Trinajstić information content (AvgIpc) is 2.92. The van der Waals surface area contributed by atoms with Crippen LogP contribution in [-0.2, 0) is 4.79 Å². The van der Waals surface area contributed by atoms with Crippen LogP contribution in [0.5, 0.6) is 17.2 Å². The normalized spacial score (nSPS) is 14.3. The van der Waals surface area contributed by atoms with Gasteiger partial charge in [0.25, 0.3) is 0 Å². The second-order valence-electron chi connectivity index (χ2n) is 9.21. The van der Waals surface area contributed by atoms with Gasteiger partial charge in [0.05, 0.1) is 14.2 Å². The first-order valence-corrected chi connectivity index (χ1v) is 12.2. The molecule has 36 heavy (non-hydrogen) atoms. The molecule has 1 aliphatic heterocycles. The number of piperazine rings is 1. The lowest BCUT2D eigenvalue weighted by atomic mass is 9.86. The van der Waals surface area contributed by atoms with Crippen molar-refractivity contribution in [1.82, 2.24) is 4.90 Å². The van der Waals surface area contributed by atoms with Gasteiger partial charge >= 0.3 is 0 Å². The summed E-state index contributed by atoms with van der Waals surface area (Å²) in [7, 11) is 7.09. The number of amides is 1. The minimum absolute atomic E-state index is 0.0505. The number of methoxy groups -OCH3 is 2. The maximum atomic E-state index is 13.6. The van der Waals surface area contributed by atoms with Crippen LogP contribution in [0.15, 0.2) is 66.7 Å². The van der Waals surface area contributed by atoms with Crippen LogP contribution in [0.4, 0.5) is 11.4 Å². The van der Waals surface area contributed by atoms with Gasteiger partial charge in [0, 0.05) is 81.7 Å². The van der Waals surface area contributed by atoms with E-state index in [9.17, 15) is 9.90 Å². The van der Waals surface area contributed by atoms with E-state index in [0.29, 0.717) is 30.2 Å². The van der Waals surface area contributed by atoms with Crippen molar-refractivity contribution in [2.75, 3.05) is 64.3 Å². The van der Waals surface area contributed by atoms with Gasteiger partial charge in [-0.25, -0.2) is 0 Å². The summed E-state index contributed by atoms with van der Waals surface area (Å²) in [6.07, 6.45) is 0.225. The molecule has 1 atom stereocenters. The molecule has 3 aromatic carbocycles. The van der Waals surface area contributed by atoms with E-state index >= 15 is 0 Å². The molecule has 0 aromatic heterocycles. The predicted octanol–water partition coefficient (Wildman–Crippen LogP) is 4.35. The number of hydrogen-bond acceptors (Lipinski definition) is 6. The van der Waals surface area contributed by atoms with Gasteiger partial charge in [0.1, 0.15) is 17.2 Å². The third kappa shape index (κ3) is 5.51. The summed E-state index contributed by atoms with van der Waals surface area (Å²) in [4.78, 5) is 19.8. The van der Waals surface area contributed by atoms with Gasteiger partial charge in [0.2, 0.25) is 5.91 Å². The minimum atomic E-state index is -0.373. The number of nitrogens with zero attached hydrogens (tertiary/aromatic N) is 3. The molecule has 4 rings (SSSR count). The van der Waals surface area contributed by atoms with Gasteiger partial charge in [-0.1, -0.05) is 30.3 Å². The van der Waals surface area contributed by atoms with Crippen LogP contribution in [0, 0.1) is 0 Å². The predicted molar refractivity (Wildman–Crippen MR) is 144 cm³/mol. The van der Waals surface area contributed by atoms with E-state index in [-0.39, 0.29) is 24.0 Å². The van der Waals surface area contributed by atoms with Crippen molar-refractivity contribution in [1.29, 1.82) is 0 Å². The molecule has 190 valence electrons. The molecule has 1 aliphatic rings. The first-order chi connectivity index (χ1) is 17.4. The number of hydrogen-bond donors (Lipinski definition) is 1. The molecule has 0 unspecified atom stereocenters. The number of phenols is 1. The first kappa shape index (κ1) is 25.2. The highest BCUT2D eigenvalue weighted by Gasteiger charge is 2.29. The molecular formula is C29H35N3O4. The molecule has 1 fully saturated rings. The topological polar surface area (TPSA) is 65.5 Å². The zero-order chi connectivity index (χ0) is 25.7. The Morgan fingerprint density at radius 1 is 0.944 bits per heavy atom. The van der Waals surface area contributed by atoms with Crippen LogP contribution in [-0.4, -0.2) is 70.4 Å². The van der Waals surface area contributed by atoms with E-state index in [1.165, 1.54) is 5.69 Å². The molecule has 0 saturated carbocycles. The Balaban J connectivity index is 1.60. The molecule has 0 spiro atoms. The number of aromatic hydroxyl groups is 1. The van der Waals surface area contributed by atoms with Gasteiger partial charge in [-0.15, -0.1) is 0 Å². The number of anilines is 2. The lowest BCUT2D eigenvalue weighted by molar-refractivity contribution is -0.131. The summed E-state index contributed by atoms with van der Waals surface area (Å²) < 4.78 is 11.0. The molecule has 1 heterocycles. The first-order valence-electron chi connectivity index (χ1n) is 12.2. The lowest BCUT2D eigenvalue weighted by Gasteiger charge is -2.37. The number of benzene rings is 3. The van der Waals surface area contributed by atoms with Crippen molar-refractivity contribution >= 4 is 17.3 Å². The van der Waals surface area contributed by atoms with Crippen LogP contribution in [0.3, 0.4) is 0 Å². The van der Waals surface area contributed by atoms with Crippen molar-refractivity contribution in [3.05, 3.63) is 77.9 Å². The molecule has 0 radical (unpaired) electrons. The third-order valence-electron chi connectivity index (χ3n) is 6.84. The number of ether oxygens (including phenoxy) is 2. The summed E-state index contributed by atoms with van der Waals surface area (Å²) in [6, 6.07) is 21.7. The smallest absolute Gasteiger partial charge is 0.223 e. The number of para-hydroxylation sites is 1. The Labute approximate surface area is 213 Å². The Bertz CT molecular complexity index is 1160. The largest absolute Gasteiger partial charge is 0.507 e. The van der Waals surface area contributed by atoms with Gasteiger partial charge in [-0.05, 0) is 29.8 Å². The zero-order valence-corrected chi connectivity index (χ0v) is 21.5. The van der Waals surface area contributed by atoms with Crippen LogP contribution in [0.25, 0.3) is 0 Å². The second-order valence-corrected chi connectivity index (χ2v) is 9.21. The van der Waals surface area contributed by atoms with Crippen molar-refractivity contribution in [2.45, 2.75) is 12.3 Å². The fraction of sp³-hybridized carbons (Fsp3) is 0.345. The van der Waals surface area contributed by atoms with E-state index in [4.69, 9.17) is 9.47 Å². The Morgan fingerprint density at radius 3 is 2.19 bits per heavy atom. The summed E-state index contributed by atoms with van der Waals surface area (Å²) >= 11 is 0. The van der Waals surface area contributed by atoms with Crippen LogP contribution >= 0.6 is 0 Å². The van der Waals surface area contributed by atoms with Crippen molar-refractivity contribution in [3.63, 3.8) is 0 Å².